The van der Waals surface area contributed by atoms with Gasteiger partial charge in [-0.2, -0.15) is 0 Å². The molecule has 0 amide bonds. The van der Waals surface area contributed by atoms with Crippen LogP contribution in [-0.4, -0.2) is 19.0 Å². The third-order valence-electron chi connectivity index (χ3n) is 2.22. The quantitative estimate of drug-likeness (QED) is 0.625. The fraction of sp³-hybridized carbons (Fsp3) is 0.818. The summed E-state index contributed by atoms with van der Waals surface area (Å²) in [5.74, 6) is 0. The maximum atomic E-state index is 5.71. The summed E-state index contributed by atoms with van der Waals surface area (Å²) in [7, 11) is 0. The monoisotopic (exact) mass is 184 g/mol. The van der Waals surface area contributed by atoms with Crippen LogP contribution < -0.4 is 0 Å². The van der Waals surface area contributed by atoms with Gasteiger partial charge in [-0.05, 0) is 25.7 Å². The molecule has 76 valence electrons. The van der Waals surface area contributed by atoms with E-state index in [2.05, 4.69) is 26.0 Å². The van der Waals surface area contributed by atoms with Gasteiger partial charge in [-0.1, -0.05) is 26.0 Å². The summed E-state index contributed by atoms with van der Waals surface area (Å²) in [4.78, 5) is 0. The molecule has 1 fully saturated rings. The fourth-order valence-electron chi connectivity index (χ4n) is 1.46. The van der Waals surface area contributed by atoms with Gasteiger partial charge >= 0.3 is 0 Å². The standard InChI is InChI=1S/C11H20O2/c1-3-5-6-7-10-8-9-12-11(4-2)13-10/h5-6,10-11H,3-4,7-9H2,1-2H3/b6-5+/t10-,11-/m1/s1. The van der Waals surface area contributed by atoms with Gasteiger partial charge in [0.1, 0.15) is 0 Å². The summed E-state index contributed by atoms with van der Waals surface area (Å²) in [6.45, 7) is 5.09. The van der Waals surface area contributed by atoms with Crippen molar-refractivity contribution in [1.82, 2.24) is 0 Å². The molecule has 1 heterocycles. The Morgan fingerprint density at radius 3 is 2.85 bits per heavy atom. The average molecular weight is 184 g/mol. The minimum atomic E-state index is 0.0359. The zero-order valence-electron chi connectivity index (χ0n) is 8.66. The Morgan fingerprint density at radius 1 is 1.31 bits per heavy atom. The van der Waals surface area contributed by atoms with Gasteiger partial charge < -0.3 is 9.47 Å². The van der Waals surface area contributed by atoms with Crippen LogP contribution in [0, 0.1) is 0 Å². The summed E-state index contributed by atoms with van der Waals surface area (Å²) >= 11 is 0. The summed E-state index contributed by atoms with van der Waals surface area (Å²) in [5.41, 5.74) is 0. The van der Waals surface area contributed by atoms with Crippen LogP contribution in [-0.2, 0) is 9.47 Å². The first-order valence-corrected chi connectivity index (χ1v) is 5.28. The lowest BCUT2D eigenvalue weighted by Crippen LogP contribution is -2.31. The van der Waals surface area contributed by atoms with Crippen molar-refractivity contribution in [2.24, 2.45) is 0 Å². The maximum Gasteiger partial charge on any atom is 0.157 e. The van der Waals surface area contributed by atoms with E-state index in [-0.39, 0.29) is 6.29 Å². The molecule has 0 saturated carbocycles. The second-order valence-corrected chi connectivity index (χ2v) is 3.37. The minimum Gasteiger partial charge on any atom is -0.353 e. The number of ether oxygens (including phenoxy) is 2. The van der Waals surface area contributed by atoms with Gasteiger partial charge in [-0.25, -0.2) is 0 Å². The molecule has 0 aromatic carbocycles. The normalized spacial score (nSPS) is 29.7. The van der Waals surface area contributed by atoms with E-state index in [1.807, 2.05) is 0 Å². The molecule has 0 aliphatic carbocycles. The lowest BCUT2D eigenvalue weighted by molar-refractivity contribution is -0.211. The van der Waals surface area contributed by atoms with Crippen LogP contribution in [0.3, 0.4) is 0 Å². The Morgan fingerprint density at radius 2 is 2.15 bits per heavy atom. The number of hydrogen-bond donors (Lipinski definition) is 0. The van der Waals surface area contributed by atoms with E-state index < -0.39 is 0 Å². The molecule has 1 aliphatic heterocycles. The van der Waals surface area contributed by atoms with Crippen molar-refractivity contribution in [1.29, 1.82) is 0 Å². The lowest BCUT2D eigenvalue weighted by Gasteiger charge is -2.29. The number of allylic oxidation sites excluding steroid dienone is 1. The molecule has 2 atom stereocenters. The molecule has 1 saturated heterocycles. The van der Waals surface area contributed by atoms with Gasteiger partial charge in [0, 0.05) is 0 Å². The van der Waals surface area contributed by atoms with Crippen LogP contribution in [0.1, 0.15) is 39.5 Å². The molecule has 0 radical (unpaired) electrons. The molecule has 1 rings (SSSR count). The Kier molecular flexibility index (Phi) is 5.09. The summed E-state index contributed by atoms with van der Waals surface area (Å²) in [5, 5.41) is 0. The van der Waals surface area contributed by atoms with E-state index in [9.17, 15) is 0 Å². The molecule has 2 heteroatoms. The van der Waals surface area contributed by atoms with Crippen LogP contribution in [0.5, 0.6) is 0 Å². The molecule has 0 spiro atoms. The number of hydrogen-bond acceptors (Lipinski definition) is 2. The Labute approximate surface area is 80.9 Å². The van der Waals surface area contributed by atoms with Crippen molar-refractivity contribution < 1.29 is 9.47 Å². The zero-order valence-corrected chi connectivity index (χ0v) is 8.66. The topological polar surface area (TPSA) is 18.5 Å². The maximum absolute atomic E-state index is 5.71. The third kappa shape index (κ3) is 3.92. The van der Waals surface area contributed by atoms with E-state index in [4.69, 9.17) is 9.47 Å². The predicted octanol–water partition coefficient (Wildman–Crippen LogP) is 2.88. The summed E-state index contributed by atoms with van der Waals surface area (Å²) in [6, 6.07) is 0. The molecule has 0 aromatic heterocycles. The molecule has 13 heavy (non-hydrogen) atoms. The molecule has 0 unspecified atom stereocenters. The molecule has 0 bridgehead atoms. The Balaban J connectivity index is 2.21. The average Bonchev–Trinajstić information content (AvgIpc) is 2.19. The second kappa shape index (κ2) is 6.17. The van der Waals surface area contributed by atoms with Crippen LogP contribution in [0.25, 0.3) is 0 Å². The third-order valence-corrected chi connectivity index (χ3v) is 2.22. The van der Waals surface area contributed by atoms with Gasteiger partial charge in [-0.15, -0.1) is 0 Å². The van der Waals surface area contributed by atoms with Crippen molar-refractivity contribution in [3.05, 3.63) is 12.2 Å². The van der Waals surface area contributed by atoms with E-state index >= 15 is 0 Å². The second-order valence-electron chi connectivity index (χ2n) is 3.37. The number of rotatable bonds is 4. The first-order valence-electron chi connectivity index (χ1n) is 5.28. The van der Waals surface area contributed by atoms with Crippen LogP contribution in [0.15, 0.2) is 12.2 Å². The van der Waals surface area contributed by atoms with Crippen LogP contribution >= 0.6 is 0 Å². The zero-order chi connectivity index (χ0) is 9.52. The van der Waals surface area contributed by atoms with Crippen molar-refractivity contribution in [2.75, 3.05) is 6.61 Å². The largest absolute Gasteiger partial charge is 0.353 e. The Hall–Kier alpha value is -0.340. The van der Waals surface area contributed by atoms with Crippen molar-refractivity contribution >= 4 is 0 Å². The SMILES string of the molecule is CC/C=C/C[C@@H]1CCO[C@@H](CC)O1. The lowest BCUT2D eigenvalue weighted by atomic mass is 10.1. The van der Waals surface area contributed by atoms with Gasteiger partial charge in [0.2, 0.25) is 0 Å². The first-order chi connectivity index (χ1) is 6.36. The first kappa shape index (κ1) is 10.7. The highest BCUT2D eigenvalue weighted by molar-refractivity contribution is 4.84. The van der Waals surface area contributed by atoms with Gasteiger partial charge in [-0.3, -0.25) is 0 Å². The summed E-state index contributed by atoms with van der Waals surface area (Å²) in [6.07, 6.45) is 8.95. The van der Waals surface area contributed by atoms with E-state index in [0.29, 0.717) is 6.10 Å². The highest BCUT2D eigenvalue weighted by Gasteiger charge is 2.19. The van der Waals surface area contributed by atoms with Gasteiger partial charge in [0.15, 0.2) is 6.29 Å². The van der Waals surface area contributed by atoms with Crippen molar-refractivity contribution in [2.45, 2.75) is 51.9 Å². The Bertz CT molecular complexity index is 154. The molecule has 2 nitrogen and oxygen atoms in total. The van der Waals surface area contributed by atoms with Crippen molar-refractivity contribution in [3.8, 4) is 0 Å². The summed E-state index contributed by atoms with van der Waals surface area (Å²) < 4.78 is 11.1. The van der Waals surface area contributed by atoms with E-state index in [0.717, 1.165) is 32.3 Å². The minimum absolute atomic E-state index is 0.0359. The molecule has 0 N–H and O–H groups in total. The predicted molar refractivity (Wildman–Crippen MR) is 53.6 cm³/mol. The molecule has 1 aliphatic rings. The van der Waals surface area contributed by atoms with E-state index in [1.54, 1.807) is 0 Å². The van der Waals surface area contributed by atoms with Gasteiger partial charge in [0.25, 0.3) is 0 Å². The van der Waals surface area contributed by atoms with E-state index in [1.165, 1.54) is 0 Å². The van der Waals surface area contributed by atoms with Crippen LogP contribution in [0.2, 0.25) is 0 Å². The molecule has 0 aromatic rings. The highest BCUT2D eigenvalue weighted by Crippen LogP contribution is 2.17. The smallest absolute Gasteiger partial charge is 0.157 e. The van der Waals surface area contributed by atoms with Crippen molar-refractivity contribution in [3.63, 3.8) is 0 Å². The molecular formula is C11H20O2. The van der Waals surface area contributed by atoms with Crippen LogP contribution in [0.4, 0.5) is 0 Å². The fourth-order valence-corrected chi connectivity index (χ4v) is 1.46. The highest BCUT2D eigenvalue weighted by atomic mass is 16.7. The molecular weight excluding hydrogens is 164 g/mol. The van der Waals surface area contributed by atoms with Gasteiger partial charge in [0.05, 0.1) is 12.7 Å².